The number of nitrogens with zero attached hydrogens (tertiary/aromatic N) is 1. The van der Waals surface area contributed by atoms with Crippen LogP contribution < -0.4 is 0 Å². The van der Waals surface area contributed by atoms with Crippen LogP contribution in [-0.4, -0.2) is 18.0 Å². The van der Waals surface area contributed by atoms with Crippen LogP contribution in [0, 0.1) is 22.7 Å². The molecule has 0 aliphatic carbocycles. The van der Waals surface area contributed by atoms with Crippen molar-refractivity contribution in [3.05, 3.63) is 12.3 Å². The Morgan fingerprint density at radius 1 is 1.05 bits per heavy atom. The van der Waals surface area contributed by atoms with Crippen LogP contribution >= 0.6 is 0 Å². The third kappa shape index (κ3) is 3.93. The summed E-state index contributed by atoms with van der Waals surface area (Å²) in [6.45, 7) is 15.0. The summed E-state index contributed by atoms with van der Waals surface area (Å²) in [5.41, 5.74) is 0.752. The predicted molar refractivity (Wildman–Crippen MR) is 77.0 cm³/mol. The highest BCUT2D eigenvalue weighted by molar-refractivity contribution is 5.02. The van der Waals surface area contributed by atoms with Gasteiger partial charge in [-0.05, 0) is 35.5 Å². The number of alkyl halides is 2. The molecule has 1 fully saturated rings. The number of allylic oxidation sites excluding steroid dienone is 1. The lowest BCUT2D eigenvalue weighted by molar-refractivity contribution is -0.0332. The minimum absolute atomic E-state index is 0.0235. The van der Waals surface area contributed by atoms with Crippen LogP contribution in [-0.2, 0) is 0 Å². The third-order valence-electron chi connectivity index (χ3n) is 4.49. The van der Waals surface area contributed by atoms with Crippen molar-refractivity contribution >= 4 is 0 Å². The van der Waals surface area contributed by atoms with Gasteiger partial charge in [0.2, 0.25) is 0 Å². The van der Waals surface area contributed by atoms with Crippen LogP contribution in [0.4, 0.5) is 8.78 Å². The number of rotatable bonds is 1. The Hall–Kier alpha value is -0.600. The molecule has 1 rings (SSSR count). The van der Waals surface area contributed by atoms with Gasteiger partial charge in [0.25, 0.3) is 0 Å². The Morgan fingerprint density at radius 3 is 1.89 bits per heavy atom. The lowest BCUT2D eigenvalue weighted by atomic mass is 9.63. The standard InChI is InChI=1S/C16H29F2N/c1-11-8-9-12(15(2,3)4)13(16(5,6)7)10-19(11)14(17)18/h12-14H,1,8-10H2,2-7H3. The lowest BCUT2D eigenvalue weighted by Crippen LogP contribution is -2.42. The SMILES string of the molecule is C=C1CCC(C(C)(C)C)C(C(C)(C)C)CN1C(F)F. The van der Waals surface area contributed by atoms with Crippen molar-refractivity contribution in [2.75, 3.05) is 6.54 Å². The summed E-state index contributed by atoms with van der Waals surface area (Å²) in [6.07, 6.45) is 1.63. The second-order valence-electron chi connectivity index (χ2n) is 7.98. The van der Waals surface area contributed by atoms with Gasteiger partial charge in [-0.2, -0.15) is 8.78 Å². The molecule has 0 aromatic rings. The fourth-order valence-corrected chi connectivity index (χ4v) is 3.27. The molecule has 0 bridgehead atoms. The van der Waals surface area contributed by atoms with E-state index >= 15 is 0 Å². The van der Waals surface area contributed by atoms with Gasteiger partial charge in [0.1, 0.15) is 0 Å². The molecule has 1 aliphatic rings. The molecule has 112 valence electrons. The Labute approximate surface area is 117 Å². The van der Waals surface area contributed by atoms with Crippen LogP contribution in [0.25, 0.3) is 0 Å². The van der Waals surface area contributed by atoms with Crippen molar-refractivity contribution in [1.29, 1.82) is 0 Å². The highest BCUT2D eigenvalue weighted by Gasteiger charge is 2.42. The van der Waals surface area contributed by atoms with Crippen molar-refractivity contribution in [3.63, 3.8) is 0 Å². The van der Waals surface area contributed by atoms with Crippen LogP contribution in [0.1, 0.15) is 54.4 Å². The van der Waals surface area contributed by atoms with Gasteiger partial charge >= 0.3 is 6.55 Å². The van der Waals surface area contributed by atoms with Gasteiger partial charge in [-0.3, -0.25) is 0 Å². The van der Waals surface area contributed by atoms with Crippen LogP contribution in [0.5, 0.6) is 0 Å². The summed E-state index contributed by atoms with van der Waals surface area (Å²) in [4.78, 5) is 1.21. The number of hydrogen-bond donors (Lipinski definition) is 0. The van der Waals surface area contributed by atoms with E-state index in [1.165, 1.54) is 4.90 Å². The minimum atomic E-state index is -2.43. The monoisotopic (exact) mass is 273 g/mol. The van der Waals surface area contributed by atoms with Crippen LogP contribution in [0.15, 0.2) is 12.3 Å². The molecule has 0 aromatic heterocycles. The van der Waals surface area contributed by atoms with Gasteiger partial charge in [0, 0.05) is 12.2 Å². The van der Waals surface area contributed by atoms with Gasteiger partial charge in [0.05, 0.1) is 0 Å². The number of halogens is 2. The summed E-state index contributed by atoms with van der Waals surface area (Å²) < 4.78 is 26.4. The predicted octanol–water partition coefficient (Wildman–Crippen LogP) is 5.14. The van der Waals surface area contributed by atoms with E-state index in [1.807, 2.05) is 0 Å². The maximum absolute atomic E-state index is 13.2. The molecule has 19 heavy (non-hydrogen) atoms. The Kier molecular flexibility index (Phi) is 4.69. The normalized spacial score (nSPS) is 26.8. The molecule has 0 amide bonds. The van der Waals surface area contributed by atoms with E-state index in [0.29, 0.717) is 24.6 Å². The maximum Gasteiger partial charge on any atom is 0.315 e. The maximum atomic E-state index is 13.2. The quantitative estimate of drug-likeness (QED) is 0.598. The number of likely N-dealkylation sites (tertiary alicyclic amines) is 1. The van der Waals surface area contributed by atoms with E-state index in [0.717, 1.165) is 6.42 Å². The first-order valence-corrected chi connectivity index (χ1v) is 7.17. The zero-order valence-electron chi connectivity index (χ0n) is 13.3. The van der Waals surface area contributed by atoms with Crippen LogP contribution in [0.2, 0.25) is 0 Å². The van der Waals surface area contributed by atoms with Crippen molar-refractivity contribution in [1.82, 2.24) is 4.90 Å². The van der Waals surface area contributed by atoms with E-state index in [1.54, 1.807) is 0 Å². The molecule has 1 aliphatic heterocycles. The molecule has 0 spiro atoms. The molecule has 2 unspecified atom stereocenters. The third-order valence-corrected chi connectivity index (χ3v) is 4.49. The Morgan fingerprint density at radius 2 is 1.53 bits per heavy atom. The summed E-state index contributed by atoms with van der Waals surface area (Å²) in [6, 6.07) is 0. The van der Waals surface area contributed by atoms with Gasteiger partial charge in [0.15, 0.2) is 0 Å². The van der Waals surface area contributed by atoms with E-state index < -0.39 is 6.55 Å². The van der Waals surface area contributed by atoms with E-state index in [4.69, 9.17) is 0 Å². The first-order valence-electron chi connectivity index (χ1n) is 7.17. The van der Waals surface area contributed by atoms with Crippen molar-refractivity contribution in [2.45, 2.75) is 60.9 Å². The molecule has 0 radical (unpaired) electrons. The molecule has 0 saturated carbocycles. The first-order chi connectivity index (χ1) is 8.44. The average Bonchev–Trinajstić information content (AvgIpc) is 2.35. The van der Waals surface area contributed by atoms with Crippen molar-refractivity contribution < 1.29 is 8.78 Å². The zero-order valence-corrected chi connectivity index (χ0v) is 13.3. The van der Waals surface area contributed by atoms with E-state index in [-0.39, 0.29) is 16.7 Å². The summed E-state index contributed by atoms with van der Waals surface area (Å²) >= 11 is 0. The fourth-order valence-electron chi connectivity index (χ4n) is 3.27. The largest absolute Gasteiger partial charge is 0.320 e. The van der Waals surface area contributed by atoms with Gasteiger partial charge in [-0.15, -0.1) is 0 Å². The second-order valence-corrected chi connectivity index (χ2v) is 7.98. The topological polar surface area (TPSA) is 3.24 Å². The molecule has 1 saturated heterocycles. The second kappa shape index (κ2) is 5.41. The van der Waals surface area contributed by atoms with Crippen LogP contribution in [0.3, 0.4) is 0 Å². The first kappa shape index (κ1) is 16.5. The summed E-state index contributed by atoms with van der Waals surface area (Å²) in [7, 11) is 0. The molecular formula is C16H29F2N. The highest BCUT2D eigenvalue weighted by Crippen LogP contribution is 2.47. The Balaban J connectivity index is 3.11. The smallest absolute Gasteiger partial charge is 0.315 e. The lowest BCUT2D eigenvalue weighted by Gasteiger charge is -2.44. The van der Waals surface area contributed by atoms with Gasteiger partial charge < -0.3 is 4.90 Å². The molecule has 2 atom stereocenters. The molecule has 3 heteroatoms. The summed E-state index contributed by atoms with van der Waals surface area (Å²) in [5.74, 6) is 0.689. The molecule has 1 nitrogen and oxygen atoms in total. The molecule has 0 aromatic carbocycles. The molecule has 1 heterocycles. The van der Waals surface area contributed by atoms with E-state index in [2.05, 4.69) is 48.1 Å². The zero-order chi connectivity index (χ0) is 15.0. The van der Waals surface area contributed by atoms with Crippen molar-refractivity contribution in [3.8, 4) is 0 Å². The molecule has 0 N–H and O–H groups in total. The Bertz CT molecular complexity index is 323. The fraction of sp³-hybridized carbons (Fsp3) is 0.875. The van der Waals surface area contributed by atoms with Crippen molar-refractivity contribution in [2.24, 2.45) is 22.7 Å². The molecular weight excluding hydrogens is 244 g/mol. The number of hydrogen-bond acceptors (Lipinski definition) is 1. The van der Waals surface area contributed by atoms with E-state index in [9.17, 15) is 8.78 Å². The average molecular weight is 273 g/mol. The summed E-state index contributed by atoms with van der Waals surface area (Å²) in [5, 5.41) is 0. The minimum Gasteiger partial charge on any atom is -0.320 e. The highest BCUT2D eigenvalue weighted by atomic mass is 19.3. The van der Waals surface area contributed by atoms with Gasteiger partial charge in [-0.25, -0.2) is 0 Å². The van der Waals surface area contributed by atoms with Gasteiger partial charge in [-0.1, -0.05) is 48.1 Å².